The van der Waals surface area contributed by atoms with Crippen molar-refractivity contribution in [3.63, 3.8) is 0 Å². The van der Waals surface area contributed by atoms with Crippen molar-refractivity contribution in [1.82, 2.24) is 10.3 Å². The van der Waals surface area contributed by atoms with Gasteiger partial charge in [0.25, 0.3) is 5.91 Å². The SMILES string of the molecule is O=C(NC1CCCC1)c1cnc(-c2cccc(F)c2)s1. The summed E-state index contributed by atoms with van der Waals surface area (Å²) in [5.41, 5.74) is 0.704. The number of hydrogen-bond acceptors (Lipinski definition) is 3. The lowest BCUT2D eigenvalue weighted by Gasteiger charge is -2.09. The number of hydrogen-bond donors (Lipinski definition) is 1. The molecule has 0 bridgehead atoms. The van der Waals surface area contributed by atoms with Crippen LogP contribution in [0.25, 0.3) is 10.6 Å². The van der Waals surface area contributed by atoms with E-state index in [4.69, 9.17) is 0 Å². The quantitative estimate of drug-likeness (QED) is 0.938. The Balaban J connectivity index is 1.74. The molecule has 1 amide bonds. The molecule has 20 heavy (non-hydrogen) atoms. The van der Waals surface area contributed by atoms with E-state index in [9.17, 15) is 9.18 Å². The zero-order valence-electron chi connectivity index (χ0n) is 10.9. The molecule has 1 aliphatic carbocycles. The molecule has 5 heteroatoms. The summed E-state index contributed by atoms with van der Waals surface area (Å²) in [6, 6.07) is 6.55. The zero-order valence-corrected chi connectivity index (χ0v) is 11.8. The minimum Gasteiger partial charge on any atom is -0.349 e. The van der Waals surface area contributed by atoms with Gasteiger partial charge in [0.2, 0.25) is 0 Å². The van der Waals surface area contributed by atoms with Gasteiger partial charge in [0.05, 0.1) is 6.20 Å². The Hall–Kier alpha value is -1.75. The smallest absolute Gasteiger partial charge is 0.263 e. The fourth-order valence-corrected chi connectivity index (χ4v) is 3.28. The van der Waals surface area contributed by atoms with E-state index in [1.165, 1.54) is 36.3 Å². The molecule has 0 radical (unpaired) electrons. The van der Waals surface area contributed by atoms with E-state index >= 15 is 0 Å². The maximum atomic E-state index is 13.2. The monoisotopic (exact) mass is 290 g/mol. The van der Waals surface area contributed by atoms with Crippen LogP contribution in [0, 0.1) is 5.82 Å². The molecule has 3 nitrogen and oxygen atoms in total. The molecule has 2 aromatic rings. The van der Waals surface area contributed by atoms with Crippen LogP contribution in [0.5, 0.6) is 0 Å². The summed E-state index contributed by atoms with van der Waals surface area (Å²) in [6.45, 7) is 0. The number of carbonyl (C=O) groups is 1. The molecular weight excluding hydrogens is 275 g/mol. The molecule has 3 rings (SSSR count). The van der Waals surface area contributed by atoms with Gasteiger partial charge in [0.15, 0.2) is 0 Å². The molecule has 1 aromatic carbocycles. The second-order valence-corrected chi connectivity index (χ2v) is 6.03. The van der Waals surface area contributed by atoms with Crippen LogP contribution in [0.4, 0.5) is 4.39 Å². The molecule has 1 saturated carbocycles. The number of aromatic nitrogens is 1. The van der Waals surface area contributed by atoms with Crippen molar-refractivity contribution in [1.29, 1.82) is 0 Å². The van der Waals surface area contributed by atoms with Gasteiger partial charge in [0.1, 0.15) is 15.7 Å². The summed E-state index contributed by atoms with van der Waals surface area (Å²) in [6.07, 6.45) is 6.04. The van der Waals surface area contributed by atoms with Crippen LogP contribution >= 0.6 is 11.3 Å². The third-order valence-electron chi connectivity index (χ3n) is 3.49. The Bertz CT molecular complexity index is 620. The lowest BCUT2D eigenvalue weighted by atomic mass is 10.2. The van der Waals surface area contributed by atoms with E-state index in [0.717, 1.165) is 12.8 Å². The van der Waals surface area contributed by atoms with Crippen molar-refractivity contribution in [2.45, 2.75) is 31.7 Å². The Morgan fingerprint density at radius 3 is 2.90 bits per heavy atom. The van der Waals surface area contributed by atoms with Gasteiger partial charge in [-0.25, -0.2) is 9.37 Å². The summed E-state index contributed by atoms with van der Waals surface area (Å²) < 4.78 is 13.2. The van der Waals surface area contributed by atoms with Gasteiger partial charge in [-0.15, -0.1) is 11.3 Å². The van der Waals surface area contributed by atoms with E-state index in [1.54, 1.807) is 18.3 Å². The second-order valence-electron chi connectivity index (χ2n) is 4.99. The molecule has 1 heterocycles. The van der Waals surface area contributed by atoms with E-state index in [2.05, 4.69) is 10.3 Å². The first-order valence-corrected chi connectivity index (χ1v) is 7.56. The molecule has 1 N–H and O–H groups in total. The number of amides is 1. The van der Waals surface area contributed by atoms with Gasteiger partial charge in [0, 0.05) is 11.6 Å². The first-order valence-electron chi connectivity index (χ1n) is 6.75. The molecule has 0 atom stereocenters. The van der Waals surface area contributed by atoms with E-state index < -0.39 is 0 Å². The summed E-state index contributed by atoms with van der Waals surface area (Å²) in [4.78, 5) is 16.9. The van der Waals surface area contributed by atoms with Crippen molar-refractivity contribution < 1.29 is 9.18 Å². The molecule has 104 valence electrons. The fourth-order valence-electron chi connectivity index (χ4n) is 2.46. The minimum atomic E-state index is -0.297. The predicted molar refractivity (Wildman–Crippen MR) is 77.2 cm³/mol. The second kappa shape index (κ2) is 5.71. The van der Waals surface area contributed by atoms with Crippen molar-refractivity contribution in [3.05, 3.63) is 41.2 Å². The number of benzene rings is 1. The summed E-state index contributed by atoms with van der Waals surface area (Å²) in [5, 5.41) is 3.70. The minimum absolute atomic E-state index is 0.0722. The Morgan fingerprint density at radius 2 is 2.15 bits per heavy atom. The van der Waals surface area contributed by atoms with Crippen molar-refractivity contribution in [2.75, 3.05) is 0 Å². The average Bonchev–Trinajstić information content (AvgIpc) is 3.09. The maximum Gasteiger partial charge on any atom is 0.263 e. The standard InChI is InChI=1S/C15H15FN2OS/c16-11-5-3-4-10(8-11)15-17-9-13(20-15)14(19)18-12-6-1-2-7-12/h3-5,8-9,12H,1-2,6-7H2,(H,18,19). The van der Waals surface area contributed by atoms with Gasteiger partial charge in [-0.3, -0.25) is 4.79 Å². The normalized spacial score (nSPS) is 15.4. The molecule has 0 saturated heterocycles. The van der Waals surface area contributed by atoms with Crippen LogP contribution in [0.3, 0.4) is 0 Å². The number of carbonyl (C=O) groups excluding carboxylic acids is 1. The molecule has 0 spiro atoms. The largest absolute Gasteiger partial charge is 0.349 e. The van der Waals surface area contributed by atoms with Gasteiger partial charge in [-0.2, -0.15) is 0 Å². The van der Waals surface area contributed by atoms with Crippen LogP contribution in [0.2, 0.25) is 0 Å². The molecule has 0 unspecified atom stereocenters. The Kier molecular flexibility index (Phi) is 3.78. The third kappa shape index (κ3) is 2.88. The van der Waals surface area contributed by atoms with Gasteiger partial charge in [-0.1, -0.05) is 25.0 Å². The number of thiazole rings is 1. The van der Waals surface area contributed by atoms with Crippen LogP contribution in [0.1, 0.15) is 35.4 Å². The van der Waals surface area contributed by atoms with E-state index in [-0.39, 0.29) is 11.7 Å². The van der Waals surface area contributed by atoms with Crippen molar-refractivity contribution >= 4 is 17.2 Å². The first kappa shape index (κ1) is 13.2. The highest BCUT2D eigenvalue weighted by Crippen LogP contribution is 2.26. The van der Waals surface area contributed by atoms with Crippen LogP contribution in [-0.4, -0.2) is 16.9 Å². The van der Waals surface area contributed by atoms with Crippen LogP contribution < -0.4 is 5.32 Å². The number of nitrogens with zero attached hydrogens (tertiary/aromatic N) is 1. The van der Waals surface area contributed by atoms with E-state index in [0.29, 0.717) is 21.5 Å². The van der Waals surface area contributed by atoms with Crippen molar-refractivity contribution in [3.8, 4) is 10.6 Å². The molecule has 1 fully saturated rings. The van der Waals surface area contributed by atoms with Gasteiger partial charge < -0.3 is 5.32 Å². The maximum absolute atomic E-state index is 13.2. The summed E-state index contributed by atoms with van der Waals surface area (Å²) >= 11 is 1.30. The summed E-state index contributed by atoms with van der Waals surface area (Å²) in [5.74, 6) is -0.369. The molecule has 0 aliphatic heterocycles. The van der Waals surface area contributed by atoms with Crippen molar-refractivity contribution in [2.24, 2.45) is 0 Å². The van der Waals surface area contributed by atoms with Gasteiger partial charge >= 0.3 is 0 Å². The Morgan fingerprint density at radius 1 is 1.35 bits per heavy atom. The fraction of sp³-hybridized carbons (Fsp3) is 0.333. The lowest BCUT2D eigenvalue weighted by Crippen LogP contribution is -2.31. The van der Waals surface area contributed by atoms with Gasteiger partial charge in [-0.05, 0) is 25.0 Å². The number of rotatable bonds is 3. The molecule has 1 aromatic heterocycles. The zero-order chi connectivity index (χ0) is 13.9. The Labute approximate surface area is 120 Å². The van der Waals surface area contributed by atoms with Crippen LogP contribution in [0.15, 0.2) is 30.5 Å². The number of nitrogens with one attached hydrogen (secondary N) is 1. The molecular formula is C15H15FN2OS. The third-order valence-corrected chi connectivity index (χ3v) is 4.54. The highest BCUT2D eigenvalue weighted by atomic mass is 32.1. The van der Waals surface area contributed by atoms with Crippen LogP contribution in [-0.2, 0) is 0 Å². The highest BCUT2D eigenvalue weighted by Gasteiger charge is 2.19. The average molecular weight is 290 g/mol. The highest BCUT2D eigenvalue weighted by molar-refractivity contribution is 7.16. The lowest BCUT2D eigenvalue weighted by molar-refractivity contribution is 0.0942. The van der Waals surface area contributed by atoms with E-state index in [1.807, 2.05) is 0 Å². The predicted octanol–water partition coefficient (Wildman–Crippen LogP) is 3.62. The molecule has 1 aliphatic rings. The number of halogens is 1. The topological polar surface area (TPSA) is 42.0 Å². The summed E-state index contributed by atoms with van der Waals surface area (Å²) in [7, 11) is 0. The first-order chi connectivity index (χ1) is 9.72.